The molecule has 1 heterocycles. The summed E-state index contributed by atoms with van der Waals surface area (Å²) in [6.45, 7) is 3.28. The Morgan fingerprint density at radius 1 is 1.41 bits per heavy atom. The molecule has 0 aliphatic carbocycles. The fraction of sp³-hybridized carbons (Fsp3) is 0.833. The molecule has 1 amide bonds. The number of likely N-dealkylation sites (tertiary alicyclic amines) is 1. The summed E-state index contributed by atoms with van der Waals surface area (Å²) < 4.78 is 10.2. The molecular formula is C12H20N2O3. The standard InChI is InChI=1S/C12H20N2O3/c1-16-6-7-17-5-3-2-4-14-10-11(9-13)8-12(14)15/h11H,2-8,10H2,1H3. The molecule has 1 fully saturated rings. The average molecular weight is 240 g/mol. The molecule has 0 aromatic heterocycles. The maximum atomic E-state index is 11.5. The van der Waals surface area contributed by atoms with Crippen molar-refractivity contribution in [2.24, 2.45) is 5.92 Å². The second kappa shape index (κ2) is 8.04. The van der Waals surface area contributed by atoms with Gasteiger partial charge in [0.1, 0.15) is 0 Å². The van der Waals surface area contributed by atoms with Gasteiger partial charge in [0.15, 0.2) is 0 Å². The Hall–Kier alpha value is -1.12. The molecule has 1 aliphatic rings. The van der Waals surface area contributed by atoms with Gasteiger partial charge in [-0.2, -0.15) is 5.26 Å². The topological polar surface area (TPSA) is 62.6 Å². The van der Waals surface area contributed by atoms with Crippen LogP contribution in [-0.4, -0.2) is 50.8 Å². The predicted molar refractivity (Wildman–Crippen MR) is 62.2 cm³/mol. The third-order valence-corrected chi connectivity index (χ3v) is 2.80. The summed E-state index contributed by atoms with van der Waals surface area (Å²) in [4.78, 5) is 13.3. The number of hydrogen-bond acceptors (Lipinski definition) is 4. The van der Waals surface area contributed by atoms with E-state index in [1.54, 1.807) is 12.0 Å². The summed E-state index contributed by atoms with van der Waals surface area (Å²) in [5.74, 6) is -0.00250. The van der Waals surface area contributed by atoms with Gasteiger partial charge in [-0.15, -0.1) is 0 Å². The largest absolute Gasteiger partial charge is 0.382 e. The lowest BCUT2D eigenvalue weighted by atomic mass is 10.1. The highest BCUT2D eigenvalue weighted by Crippen LogP contribution is 2.16. The third-order valence-electron chi connectivity index (χ3n) is 2.80. The van der Waals surface area contributed by atoms with E-state index in [1.807, 2.05) is 0 Å². The molecule has 0 saturated carbocycles. The van der Waals surface area contributed by atoms with Crippen LogP contribution in [0, 0.1) is 17.2 Å². The van der Waals surface area contributed by atoms with Crippen LogP contribution < -0.4 is 0 Å². The normalized spacial score (nSPS) is 19.6. The molecule has 0 spiro atoms. The van der Waals surface area contributed by atoms with Gasteiger partial charge in [-0.1, -0.05) is 0 Å². The van der Waals surface area contributed by atoms with E-state index in [1.165, 1.54) is 0 Å². The Balaban J connectivity index is 2.00. The van der Waals surface area contributed by atoms with Crippen LogP contribution in [0.2, 0.25) is 0 Å². The maximum absolute atomic E-state index is 11.5. The van der Waals surface area contributed by atoms with E-state index in [0.29, 0.717) is 32.8 Å². The van der Waals surface area contributed by atoms with Gasteiger partial charge in [-0.05, 0) is 12.8 Å². The van der Waals surface area contributed by atoms with Gasteiger partial charge in [-0.25, -0.2) is 0 Å². The molecular weight excluding hydrogens is 220 g/mol. The third kappa shape index (κ3) is 5.16. The molecule has 1 unspecified atom stereocenters. The molecule has 96 valence electrons. The zero-order chi connectivity index (χ0) is 12.5. The van der Waals surface area contributed by atoms with Gasteiger partial charge in [0.25, 0.3) is 0 Å². The first-order chi connectivity index (χ1) is 8.27. The number of ether oxygens (including phenoxy) is 2. The number of amides is 1. The van der Waals surface area contributed by atoms with Crippen LogP contribution in [0.4, 0.5) is 0 Å². The first-order valence-electron chi connectivity index (χ1n) is 6.02. The molecule has 5 nitrogen and oxygen atoms in total. The highest BCUT2D eigenvalue weighted by molar-refractivity contribution is 5.79. The Kier molecular flexibility index (Phi) is 6.60. The summed E-state index contributed by atoms with van der Waals surface area (Å²) in [5.41, 5.74) is 0. The predicted octanol–water partition coefficient (Wildman–Crippen LogP) is 0.802. The lowest BCUT2D eigenvalue weighted by Crippen LogP contribution is -2.26. The fourth-order valence-electron chi connectivity index (χ4n) is 1.83. The van der Waals surface area contributed by atoms with Gasteiger partial charge < -0.3 is 14.4 Å². The first-order valence-corrected chi connectivity index (χ1v) is 6.02. The van der Waals surface area contributed by atoms with Crippen LogP contribution in [0.1, 0.15) is 19.3 Å². The fourth-order valence-corrected chi connectivity index (χ4v) is 1.83. The van der Waals surface area contributed by atoms with Crippen molar-refractivity contribution >= 4 is 5.91 Å². The lowest BCUT2D eigenvalue weighted by Gasteiger charge is -2.15. The summed E-state index contributed by atoms with van der Waals surface area (Å²) in [7, 11) is 1.65. The van der Waals surface area contributed by atoms with Crippen molar-refractivity contribution in [3.63, 3.8) is 0 Å². The summed E-state index contributed by atoms with van der Waals surface area (Å²) in [5, 5.41) is 8.73. The number of carbonyl (C=O) groups is 1. The van der Waals surface area contributed by atoms with Crippen molar-refractivity contribution in [3.05, 3.63) is 0 Å². The van der Waals surface area contributed by atoms with E-state index in [-0.39, 0.29) is 11.8 Å². The Bertz CT molecular complexity index is 275. The van der Waals surface area contributed by atoms with Crippen molar-refractivity contribution < 1.29 is 14.3 Å². The second-order valence-corrected chi connectivity index (χ2v) is 4.18. The highest BCUT2D eigenvalue weighted by Gasteiger charge is 2.28. The Morgan fingerprint density at radius 3 is 2.88 bits per heavy atom. The Morgan fingerprint density at radius 2 is 2.24 bits per heavy atom. The van der Waals surface area contributed by atoms with Crippen molar-refractivity contribution in [1.29, 1.82) is 5.26 Å². The summed E-state index contributed by atoms with van der Waals surface area (Å²) in [6.07, 6.45) is 2.25. The van der Waals surface area contributed by atoms with E-state index in [4.69, 9.17) is 14.7 Å². The number of methoxy groups -OCH3 is 1. The van der Waals surface area contributed by atoms with Gasteiger partial charge in [-0.3, -0.25) is 4.79 Å². The lowest BCUT2D eigenvalue weighted by molar-refractivity contribution is -0.127. The molecule has 17 heavy (non-hydrogen) atoms. The van der Waals surface area contributed by atoms with Crippen LogP contribution in [0.3, 0.4) is 0 Å². The summed E-state index contributed by atoms with van der Waals surface area (Å²) in [6, 6.07) is 2.15. The molecule has 0 N–H and O–H groups in total. The van der Waals surface area contributed by atoms with E-state index in [2.05, 4.69) is 6.07 Å². The smallest absolute Gasteiger partial charge is 0.224 e. The average Bonchev–Trinajstić information content (AvgIpc) is 2.69. The van der Waals surface area contributed by atoms with Crippen LogP contribution in [0.25, 0.3) is 0 Å². The van der Waals surface area contributed by atoms with Gasteiger partial charge >= 0.3 is 0 Å². The number of hydrogen-bond donors (Lipinski definition) is 0. The SMILES string of the molecule is COCCOCCCCN1CC(C#N)CC1=O. The van der Waals surface area contributed by atoms with Crippen LogP contribution in [-0.2, 0) is 14.3 Å². The van der Waals surface area contributed by atoms with Crippen molar-refractivity contribution in [2.75, 3.05) is 40.0 Å². The molecule has 1 saturated heterocycles. The maximum Gasteiger partial charge on any atom is 0.224 e. The monoisotopic (exact) mass is 240 g/mol. The molecule has 0 bridgehead atoms. The number of carbonyl (C=O) groups excluding carboxylic acids is 1. The van der Waals surface area contributed by atoms with E-state index < -0.39 is 0 Å². The zero-order valence-electron chi connectivity index (χ0n) is 10.4. The molecule has 0 aromatic carbocycles. The van der Waals surface area contributed by atoms with E-state index >= 15 is 0 Å². The minimum absolute atomic E-state index is 0.108. The van der Waals surface area contributed by atoms with Gasteiger partial charge in [0.2, 0.25) is 5.91 Å². The Labute approximate surface area is 102 Å². The quantitative estimate of drug-likeness (QED) is 0.589. The second-order valence-electron chi connectivity index (χ2n) is 4.18. The molecule has 0 aromatic rings. The minimum Gasteiger partial charge on any atom is -0.382 e. The zero-order valence-corrected chi connectivity index (χ0v) is 10.4. The molecule has 5 heteroatoms. The van der Waals surface area contributed by atoms with Crippen molar-refractivity contribution in [2.45, 2.75) is 19.3 Å². The number of unbranched alkanes of at least 4 members (excludes halogenated alkanes) is 1. The molecule has 0 radical (unpaired) electrons. The highest BCUT2D eigenvalue weighted by atomic mass is 16.5. The van der Waals surface area contributed by atoms with Crippen molar-refractivity contribution in [1.82, 2.24) is 4.90 Å². The number of rotatable bonds is 8. The number of nitrogens with zero attached hydrogens (tertiary/aromatic N) is 2. The minimum atomic E-state index is -0.111. The van der Waals surface area contributed by atoms with Crippen LogP contribution in [0.5, 0.6) is 0 Å². The van der Waals surface area contributed by atoms with Gasteiger partial charge in [0, 0.05) is 33.2 Å². The van der Waals surface area contributed by atoms with E-state index in [9.17, 15) is 4.79 Å². The molecule has 1 atom stereocenters. The molecule has 1 aliphatic heterocycles. The first kappa shape index (κ1) is 13.9. The van der Waals surface area contributed by atoms with Gasteiger partial charge in [0.05, 0.1) is 25.2 Å². The van der Waals surface area contributed by atoms with Crippen LogP contribution >= 0.6 is 0 Å². The van der Waals surface area contributed by atoms with E-state index in [0.717, 1.165) is 19.4 Å². The van der Waals surface area contributed by atoms with Crippen LogP contribution in [0.15, 0.2) is 0 Å². The van der Waals surface area contributed by atoms with Crippen molar-refractivity contribution in [3.8, 4) is 6.07 Å². The summed E-state index contributed by atoms with van der Waals surface area (Å²) >= 11 is 0. The molecule has 1 rings (SSSR count). The number of nitriles is 1.